The van der Waals surface area contributed by atoms with Crippen LogP contribution in [0.15, 0.2) is 53.8 Å². The number of nitrogens with one attached hydrogen (secondary N) is 2. The zero-order valence-corrected chi connectivity index (χ0v) is 20.2. The molecule has 2 rings (SSSR count). The van der Waals surface area contributed by atoms with Gasteiger partial charge in [-0.3, -0.25) is 9.59 Å². The van der Waals surface area contributed by atoms with Crippen LogP contribution in [0.2, 0.25) is 0 Å². The van der Waals surface area contributed by atoms with Gasteiger partial charge >= 0.3 is 0 Å². The minimum Gasteiger partial charge on any atom is -0.383 e. The van der Waals surface area contributed by atoms with E-state index in [0.29, 0.717) is 16.8 Å². The molecule has 0 aliphatic heterocycles. The largest absolute Gasteiger partial charge is 0.383 e. The number of aliphatic hydroxyl groups excluding tert-OH is 1. The van der Waals surface area contributed by atoms with Gasteiger partial charge in [0.1, 0.15) is 5.82 Å². The summed E-state index contributed by atoms with van der Waals surface area (Å²) in [6.45, 7) is 11.4. The quantitative estimate of drug-likeness (QED) is 0.445. The molecule has 0 saturated heterocycles. The highest BCUT2D eigenvalue weighted by Crippen LogP contribution is 2.28. The summed E-state index contributed by atoms with van der Waals surface area (Å²) in [5.41, 5.74) is 10.9. The first kappa shape index (κ1) is 25.8. The Hall–Kier alpha value is -3.45. The molecule has 2 amide bonds. The fourth-order valence-electron chi connectivity index (χ4n) is 3.28. The van der Waals surface area contributed by atoms with Crippen LogP contribution >= 0.6 is 0 Å². The van der Waals surface area contributed by atoms with Crippen LogP contribution in [-0.4, -0.2) is 34.1 Å². The number of carbonyl (C=O) groups is 2. The van der Waals surface area contributed by atoms with Gasteiger partial charge in [-0.15, -0.1) is 0 Å². The Morgan fingerprint density at radius 3 is 2.52 bits per heavy atom. The molecule has 7 nitrogen and oxygen atoms in total. The second-order valence-electron chi connectivity index (χ2n) is 8.34. The Morgan fingerprint density at radius 2 is 1.94 bits per heavy atom. The van der Waals surface area contributed by atoms with Crippen molar-refractivity contribution in [2.45, 2.75) is 60.1 Å². The molecule has 0 spiro atoms. The van der Waals surface area contributed by atoms with Crippen LogP contribution in [0.25, 0.3) is 11.1 Å². The Morgan fingerprint density at radius 1 is 1.24 bits per heavy atom. The van der Waals surface area contributed by atoms with Gasteiger partial charge in [-0.25, -0.2) is 4.98 Å². The number of hydrogen-bond acceptors (Lipinski definition) is 5. The van der Waals surface area contributed by atoms with Crippen molar-refractivity contribution in [2.75, 3.05) is 11.1 Å². The van der Waals surface area contributed by atoms with Gasteiger partial charge < -0.3 is 21.5 Å². The van der Waals surface area contributed by atoms with E-state index in [4.69, 9.17) is 5.73 Å². The number of pyridine rings is 1. The molecule has 0 aliphatic carbocycles. The minimum absolute atomic E-state index is 0.0232. The third-order valence-electron chi connectivity index (χ3n) is 5.26. The molecule has 0 fully saturated rings. The number of rotatable bonds is 8. The number of allylic oxidation sites excluding steroid dienone is 2. The van der Waals surface area contributed by atoms with Crippen molar-refractivity contribution in [3.63, 3.8) is 0 Å². The van der Waals surface area contributed by atoms with Crippen LogP contribution in [0.3, 0.4) is 0 Å². The summed E-state index contributed by atoms with van der Waals surface area (Å²) in [4.78, 5) is 29.2. The number of nitrogens with zero attached hydrogens (tertiary/aromatic N) is 1. The Labute approximate surface area is 195 Å². The van der Waals surface area contributed by atoms with Crippen LogP contribution in [0.5, 0.6) is 0 Å². The van der Waals surface area contributed by atoms with Gasteiger partial charge in [0, 0.05) is 23.5 Å². The molecule has 1 atom stereocenters. The molecular weight excluding hydrogens is 416 g/mol. The summed E-state index contributed by atoms with van der Waals surface area (Å²) < 4.78 is 0. The zero-order valence-electron chi connectivity index (χ0n) is 20.2. The lowest BCUT2D eigenvalue weighted by Crippen LogP contribution is -2.30. The molecule has 0 radical (unpaired) electrons. The van der Waals surface area contributed by atoms with E-state index >= 15 is 0 Å². The first-order valence-corrected chi connectivity index (χ1v) is 11.1. The molecule has 1 aromatic heterocycles. The summed E-state index contributed by atoms with van der Waals surface area (Å²) in [5, 5.41) is 16.1. The number of nitrogen functional groups attached to an aromatic ring is 1. The van der Waals surface area contributed by atoms with Crippen molar-refractivity contribution in [3.05, 3.63) is 64.9 Å². The predicted octanol–water partition coefficient (Wildman–Crippen LogP) is 4.38. The van der Waals surface area contributed by atoms with Crippen molar-refractivity contribution in [1.82, 2.24) is 10.3 Å². The normalized spacial score (nSPS) is 13.1. The molecular formula is C26H34N4O3. The number of nitrogens with two attached hydrogens (primary N) is 1. The topological polar surface area (TPSA) is 117 Å². The molecule has 33 heavy (non-hydrogen) atoms. The molecule has 0 saturated carbocycles. The van der Waals surface area contributed by atoms with E-state index in [1.54, 1.807) is 31.3 Å². The molecule has 7 heteroatoms. The predicted molar refractivity (Wildman–Crippen MR) is 134 cm³/mol. The molecule has 1 unspecified atom stereocenters. The van der Waals surface area contributed by atoms with E-state index in [9.17, 15) is 14.7 Å². The summed E-state index contributed by atoms with van der Waals surface area (Å²) in [6.07, 6.45) is 4.76. The number of benzene rings is 1. The first-order chi connectivity index (χ1) is 15.6. The van der Waals surface area contributed by atoms with Crippen LogP contribution < -0.4 is 16.4 Å². The van der Waals surface area contributed by atoms with Gasteiger partial charge in [-0.05, 0) is 75.9 Å². The van der Waals surface area contributed by atoms with Crippen molar-refractivity contribution in [2.24, 2.45) is 0 Å². The SMILES string of the molecule is C/C=C(\C=C(\C)CC)C(O)C(=O)Nc1ccc(-c2cnc(N)c(C(=O)NC(C)C)c2)c(C)c1. The monoisotopic (exact) mass is 450 g/mol. The summed E-state index contributed by atoms with van der Waals surface area (Å²) in [6, 6.07) is 7.09. The highest BCUT2D eigenvalue weighted by atomic mass is 16.3. The first-order valence-electron chi connectivity index (χ1n) is 11.1. The number of aromatic nitrogens is 1. The second-order valence-corrected chi connectivity index (χ2v) is 8.34. The van der Waals surface area contributed by atoms with E-state index in [-0.39, 0.29) is 17.8 Å². The fraction of sp³-hybridized carbons (Fsp3) is 0.346. The number of anilines is 2. The Kier molecular flexibility index (Phi) is 8.94. The maximum absolute atomic E-state index is 12.6. The number of aliphatic hydroxyl groups is 1. The zero-order chi connectivity index (χ0) is 24.7. The Balaban J connectivity index is 2.25. The van der Waals surface area contributed by atoms with Crippen molar-refractivity contribution in [1.29, 1.82) is 0 Å². The minimum atomic E-state index is -1.26. The van der Waals surface area contributed by atoms with E-state index in [0.717, 1.165) is 28.7 Å². The van der Waals surface area contributed by atoms with Gasteiger partial charge in [0.2, 0.25) is 0 Å². The van der Waals surface area contributed by atoms with E-state index in [1.165, 1.54) is 0 Å². The molecule has 0 bridgehead atoms. The lowest BCUT2D eigenvalue weighted by molar-refractivity contribution is -0.122. The summed E-state index contributed by atoms with van der Waals surface area (Å²) in [7, 11) is 0. The van der Waals surface area contributed by atoms with Gasteiger partial charge in [0.05, 0.1) is 5.56 Å². The molecule has 2 aromatic rings. The van der Waals surface area contributed by atoms with Crippen LogP contribution in [0.1, 0.15) is 57.0 Å². The molecule has 176 valence electrons. The molecule has 5 N–H and O–H groups in total. The van der Waals surface area contributed by atoms with E-state index in [1.807, 2.05) is 52.8 Å². The lowest BCUT2D eigenvalue weighted by atomic mass is 9.99. The van der Waals surface area contributed by atoms with Gasteiger partial charge in [0.25, 0.3) is 11.8 Å². The van der Waals surface area contributed by atoms with Crippen molar-refractivity contribution < 1.29 is 14.7 Å². The summed E-state index contributed by atoms with van der Waals surface area (Å²) >= 11 is 0. The summed E-state index contributed by atoms with van der Waals surface area (Å²) in [5.74, 6) is -0.615. The lowest BCUT2D eigenvalue weighted by Gasteiger charge is -2.15. The molecule has 1 heterocycles. The van der Waals surface area contributed by atoms with Crippen LogP contribution in [0.4, 0.5) is 11.5 Å². The maximum Gasteiger partial charge on any atom is 0.257 e. The maximum atomic E-state index is 12.6. The standard InChI is InChI=1S/C26H34N4O3/c1-7-16(5)11-18(8-2)23(31)26(33)30-20-9-10-21(17(6)12-20)19-13-22(24(27)28-14-19)25(32)29-15(3)4/h8-15,23,31H,7H2,1-6H3,(H2,27,28)(H,29,32)(H,30,33)/b16-11-,18-8+. The number of hydrogen-bond donors (Lipinski definition) is 4. The van der Waals surface area contributed by atoms with Gasteiger partial charge in [-0.2, -0.15) is 0 Å². The third kappa shape index (κ3) is 6.76. The second kappa shape index (κ2) is 11.4. The van der Waals surface area contributed by atoms with E-state index in [2.05, 4.69) is 15.6 Å². The highest BCUT2D eigenvalue weighted by molar-refractivity contribution is 6.00. The molecule has 0 aliphatic rings. The van der Waals surface area contributed by atoms with Crippen LogP contribution in [-0.2, 0) is 4.79 Å². The average molecular weight is 451 g/mol. The van der Waals surface area contributed by atoms with Gasteiger partial charge in [0.15, 0.2) is 6.10 Å². The van der Waals surface area contributed by atoms with E-state index < -0.39 is 12.0 Å². The number of amides is 2. The number of carbonyl (C=O) groups excluding carboxylic acids is 2. The Bertz CT molecular complexity index is 1090. The van der Waals surface area contributed by atoms with Crippen LogP contribution in [0, 0.1) is 6.92 Å². The van der Waals surface area contributed by atoms with Crippen molar-refractivity contribution in [3.8, 4) is 11.1 Å². The van der Waals surface area contributed by atoms with Crippen molar-refractivity contribution >= 4 is 23.3 Å². The smallest absolute Gasteiger partial charge is 0.257 e. The fourth-order valence-corrected chi connectivity index (χ4v) is 3.28. The number of aryl methyl sites for hydroxylation is 1. The van der Waals surface area contributed by atoms with Gasteiger partial charge in [-0.1, -0.05) is 30.7 Å². The molecule has 1 aromatic carbocycles. The highest BCUT2D eigenvalue weighted by Gasteiger charge is 2.19. The average Bonchev–Trinajstić information content (AvgIpc) is 2.76. The third-order valence-corrected chi connectivity index (χ3v) is 5.26.